The van der Waals surface area contributed by atoms with Gasteiger partial charge >= 0.3 is 0 Å². The Morgan fingerprint density at radius 2 is 1.90 bits per heavy atom. The standard InChI is InChI=1S/C19H30N2/c1-4-11-21-12-9-16(10-13-21)20-18-17-8-6-5-7-15(17)14-19(18,2)3/h5-8,16,18,20H,4,9-14H2,1-3H3. The summed E-state index contributed by atoms with van der Waals surface area (Å²) in [7, 11) is 0. The molecule has 3 rings (SSSR count). The van der Waals surface area contributed by atoms with Crippen LogP contribution in [-0.2, 0) is 6.42 Å². The van der Waals surface area contributed by atoms with E-state index in [1.807, 2.05) is 0 Å². The summed E-state index contributed by atoms with van der Waals surface area (Å²) in [6, 6.07) is 10.2. The van der Waals surface area contributed by atoms with Crippen molar-refractivity contribution in [3.63, 3.8) is 0 Å². The second-order valence-corrected chi connectivity index (χ2v) is 7.58. The van der Waals surface area contributed by atoms with Gasteiger partial charge in [0.2, 0.25) is 0 Å². The van der Waals surface area contributed by atoms with E-state index < -0.39 is 0 Å². The average Bonchev–Trinajstić information content (AvgIpc) is 2.72. The largest absolute Gasteiger partial charge is 0.307 e. The average molecular weight is 286 g/mol. The Morgan fingerprint density at radius 1 is 1.19 bits per heavy atom. The molecule has 1 aliphatic carbocycles. The maximum Gasteiger partial charge on any atom is 0.0380 e. The fraction of sp³-hybridized carbons (Fsp3) is 0.684. The van der Waals surface area contributed by atoms with Crippen LogP contribution in [-0.4, -0.2) is 30.6 Å². The van der Waals surface area contributed by atoms with Crippen molar-refractivity contribution in [1.29, 1.82) is 0 Å². The number of hydrogen-bond acceptors (Lipinski definition) is 2. The van der Waals surface area contributed by atoms with Crippen molar-refractivity contribution in [2.24, 2.45) is 5.41 Å². The summed E-state index contributed by atoms with van der Waals surface area (Å²) in [5.74, 6) is 0. The molecule has 2 heteroatoms. The topological polar surface area (TPSA) is 15.3 Å². The van der Waals surface area contributed by atoms with E-state index >= 15 is 0 Å². The van der Waals surface area contributed by atoms with E-state index in [-0.39, 0.29) is 0 Å². The molecule has 21 heavy (non-hydrogen) atoms. The fourth-order valence-electron chi connectivity index (χ4n) is 4.18. The normalized spacial score (nSPS) is 26.0. The van der Waals surface area contributed by atoms with E-state index in [9.17, 15) is 0 Å². The molecule has 0 saturated carbocycles. The highest BCUT2D eigenvalue weighted by Gasteiger charge is 2.39. The lowest BCUT2D eigenvalue weighted by Gasteiger charge is -2.37. The number of hydrogen-bond donors (Lipinski definition) is 1. The maximum atomic E-state index is 4.00. The van der Waals surface area contributed by atoms with E-state index in [1.54, 1.807) is 11.1 Å². The number of benzene rings is 1. The molecule has 1 fully saturated rings. The first-order chi connectivity index (χ1) is 10.1. The number of nitrogens with zero attached hydrogens (tertiary/aromatic N) is 1. The Labute approximate surface area is 129 Å². The van der Waals surface area contributed by atoms with Crippen LogP contribution in [0, 0.1) is 5.41 Å². The minimum absolute atomic E-state index is 0.338. The van der Waals surface area contributed by atoms with Crippen LogP contribution in [0.5, 0.6) is 0 Å². The predicted octanol–water partition coefficient (Wildman–Crippen LogP) is 3.77. The number of rotatable bonds is 4. The van der Waals surface area contributed by atoms with E-state index in [4.69, 9.17) is 0 Å². The van der Waals surface area contributed by atoms with Crippen molar-refractivity contribution >= 4 is 0 Å². The van der Waals surface area contributed by atoms with Gasteiger partial charge in [-0.1, -0.05) is 45.0 Å². The zero-order valence-corrected chi connectivity index (χ0v) is 13.9. The van der Waals surface area contributed by atoms with Gasteiger partial charge in [0, 0.05) is 12.1 Å². The van der Waals surface area contributed by atoms with Gasteiger partial charge < -0.3 is 10.2 Å². The van der Waals surface area contributed by atoms with Crippen molar-refractivity contribution in [1.82, 2.24) is 10.2 Å². The molecule has 1 saturated heterocycles. The van der Waals surface area contributed by atoms with Gasteiger partial charge in [-0.05, 0) is 61.9 Å². The molecule has 0 aromatic heterocycles. The summed E-state index contributed by atoms with van der Waals surface area (Å²) >= 11 is 0. The lowest BCUT2D eigenvalue weighted by Crippen LogP contribution is -2.45. The highest BCUT2D eigenvalue weighted by molar-refractivity contribution is 5.37. The van der Waals surface area contributed by atoms with Gasteiger partial charge in [0.15, 0.2) is 0 Å². The maximum absolute atomic E-state index is 4.00. The zero-order chi connectivity index (χ0) is 14.9. The molecule has 2 nitrogen and oxygen atoms in total. The van der Waals surface area contributed by atoms with Crippen LogP contribution in [0.25, 0.3) is 0 Å². The van der Waals surface area contributed by atoms with Crippen LogP contribution < -0.4 is 5.32 Å². The minimum Gasteiger partial charge on any atom is -0.307 e. The van der Waals surface area contributed by atoms with Gasteiger partial charge in [-0.3, -0.25) is 0 Å². The van der Waals surface area contributed by atoms with Gasteiger partial charge in [-0.25, -0.2) is 0 Å². The number of fused-ring (bicyclic) bond motifs is 1. The molecular weight excluding hydrogens is 256 g/mol. The Morgan fingerprint density at radius 3 is 2.62 bits per heavy atom. The highest BCUT2D eigenvalue weighted by Crippen LogP contribution is 2.45. The molecule has 1 aliphatic heterocycles. The molecule has 2 aliphatic rings. The summed E-state index contributed by atoms with van der Waals surface area (Å²) in [5, 5.41) is 4.00. The molecule has 1 aromatic rings. The molecular formula is C19H30N2. The quantitative estimate of drug-likeness (QED) is 0.906. The van der Waals surface area contributed by atoms with Crippen LogP contribution in [0.3, 0.4) is 0 Å². The highest BCUT2D eigenvalue weighted by atomic mass is 15.1. The molecule has 1 atom stereocenters. The van der Waals surface area contributed by atoms with Crippen LogP contribution in [0.15, 0.2) is 24.3 Å². The third-order valence-corrected chi connectivity index (χ3v) is 5.32. The molecule has 0 spiro atoms. The first kappa shape index (κ1) is 15.1. The first-order valence-electron chi connectivity index (χ1n) is 8.66. The predicted molar refractivity (Wildman–Crippen MR) is 89.6 cm³/mol. The van der Waals surface area contributed by atoms with Crippen LogP contribution in [0.1, 0.15) is 57.2 Å². The van der Waals surface area contributed by atoms with Gasteiger partial charge in [0.25, 0.3) is 0 Å². The lowest BCUT2D eigenvalue weighted by molar-refractivity contribution is 0.167. The molecule has 1 unspecified atom stereocenters. The van der Waals surface area contributed by atoms with Crippen molar-refractivity contribution in [2.75, 3.05) is 19.6 Å². The summed E-state index contributed by atoms with van der Waals surface area (Å²) < 4.78 is 0. The van der Waals surface area contributed by atoms with Crippen molar-refractivity contribution in [3.8, 4) is 0 Å². The Bertz CT molecular complexity index is 472. The van der Waals surface area contributed by atoms with Crippen molar-refractivity contribution in [3.05, 3.63) is 35.4 Å². The summed E-state index contributed by atoms with van der Waals surface area (Å²) in [6.07, 6.45) is 5.08. The molecule has 0 amide bonds. The van der Waals surface area contributed by atoms with Gasteiger partial charge in [0.05, 0.1) is 0 Å². The number of nitrogens with one attached hydrogen (secondary N) is 1. The fourth-order valence-corrected chi connectivity index (χ4v) is 4.18. The monoisotopic (exact) mass is 286 g/mol. The second-order valence-electron chi connectivity index (χ2n) is 7.58. The smallest absolute Gasteiger partial charge is 0.0380 e. The van der Waals surface area contributed by atoms with E-state index in [1.165, 1.54) is 45.3 Å². The lowest BCUT2D eigenvalue weighted by atomic mass is 9.84. The molecule has 0 bridgehead atoms. The summed E-state index contributed by atoms with van der Waals surface area (Å²) in [6.45, 7) is 10.9. The Kier molecular flexibility index (Phi) is 4.37. The Hall–Kier alpha value is -0.860. The van der Waals surface area contributed by atoms with Crippen LogP contribution >= 0.6 is 0 Å². The van der Waals surface area contributed by atoms with Crippen molar-refractivity contribution in [2.45, 2.75) is 58.5 Å². The van der Waals surface area contributed by atoms with Gasteiger partial charge in [-0.2, -0.15) is 0 Å². The zero-order valence-electron chi connectivity index (χ0n) is 13.9. The van der Waals surface area contributed by atoms with E-state index in [0.29, 0.717) is 17.5 Å². The van der Waals surface area contributed by atoms with Gasteiger partial charge in [0.1, 0.15) is 0 Å². The van der Waals surface area contributed by atoms with E-state index in [0.717, 1.165) is 0 Å². The summed E-state index contributed by atoms with van der Waals surface area (Å²) in [5.41, 5.74) is 3.42. The summed E-state index contributed by atoms with van der Waals surface area (Å²) in [4.78, 5) is 2.62. The number of likely N-dealkylation sites (tertiary alicyclic amines) is 1. The van der Waals surface area contributed by atoms with Crippen LogP contribution in [0.2, 0.25) is 0 Å². The van der Waals surface area contributed by atoms with Crippen LogP contribution in [0.4, 0.5) is 0 Å². The molecule has 0 radical (unpaired) electrons. The van der Waals surface area contributed by atoms with Crippen molar-refractivity contribution < 1.29 is 0 Å². The molecule has 1 N–H and O–H groups in total. The first-order valence-corrected chi connectivity index (χ1v) is 8.66. The number of piperidine rings is 1. The molecule has 116 valence electrons. The third kappa shape index (κ3) is 3.17. The SMILES string of the molecule is CCCN1CCC(NC2c3ccccc3CC2(C)C)CC1. The minimum atomic E-state index is 0.338. The van der Waals surface area contributed by atoms with E-state index in [2.05, 4.69) is 55.3 Å². The Balaban J connectivity index is 1.65. The molecule has 1 aromatic carbocycles. The third-order valence-electron chi connectivity index (χ3n) is 5.32. The van der Waals surface area contributed by atoms with Gasteiger partial charge in [-0.15, -0.1) is 0 Å². The second kappa shape index (κ2) is 6.10. The molecule has 1 heterocycles.